The lowest BCUT2D eigenvalue weighted by atomic mass is 9.82. The Morgan fingerprint density at radius 2 is 2.26 bits per heavy atom. The van der Waals surface area contributed by atoms with E-state index in [-0.39, 0.29) is 6.04 Å². The van der Waals surface area contributed by atoms with Crippen LogP contribution in [-0.2, 0) is 0 Å². The largest absolute Gasteiger partial charge is 0.472 e. The first-order chi connectivity index (χ1) is 13.1. The van der Waals surface area contributed by atoms with Crippen molar-refractivity contribution >= 4 is 17.4 Å². The predicted octanol–water partition coefficient (Wildman–Crippen LogP) is 4.46. The molecule has 1 fully saturated rings. The molecule has 27 heavy (non-hydrogen) atoms. The van der Waals surface area contributed by atoms with Gasteiger partial charge in [-0.2, -0.15) is 5.10 Å². The van der Waals surface area contributed by atoms with Crippen molar-refractivity contribution < 1.29 is 9.52 Å². The molecule has 0 spiro atoms. The lowest BCUT2D eigenvalue weighted by molar-refractivity contribution is 0.0561. The Kier molecular flexibility index (Phi) is 4.93. The Balaban J connectivity index is 1.43. The van der Waals surface area contributed by atoms with Gasteiger partial charge in [0.05, 0.1) is 18.2 Å². The summed E-state index contributed by atoms with van der Waals surface area (Å²) < 4.78 is 5.10. The quantitative estimate of drug-likeness (QED) is 0.585. The third-order valence-corrected chi connectivity index (χ3v) is 4.99. The van der Waals surface area contributed by atoms with Crippen LogP contribution in [0.4, 0.5) is 5.82 Å². The van der Waals surface area contributed by atoms with Gasteiger partial charge < -0.3 is 14.8 Å². The highest BCUT2D eigenvalue weighted by atomic mass is 35.5. The molecule has 1 aliphatic rings. The van der Waals surface area contributed by atoms with E-state index in [1.54, 1.807) is 18.6 Å². The molecule has 0 bridgehead atoms. The number of nitrogens with one attached hydrogen (secondary N) is 2. The van der Waals surface area contributed by atoms with E-state index < -0.39 is 5.60 Å². The Bertz CT molecular complexity index is 971. The second-order valence-corrected chi connectivity index (χ2v) is 7.34. The fourth-order valence-corrected chi connectivity index (χ4v) is 3.60. The van der Waals surface area contributed by atoms with Gasteiger partial charge in [-0.1, -0.05) is 29.5 Å². The molecule has 138 valence electrons. The van der Waals surface area contributed by atoms with Crippen molar-refractivity contribution in [2.24, 2.45) is 0 Å². The summed E-state index contributed by atoms with van der Waals surface area (Å²) in [6, 6.07) is 11.3. The second kappa shape index (κ2) is 7.51. The molecule has 4 rings (SSSR count). The highest BCUT2D eigenvalue weighted by Crippen LogP contribution is 2.30. The van der Waals surface area contributed by atoms with E-state index in [4.69, 9.17) is 16.0 Å². The molecule has 0 unspecified atom stereocenters. The Morgan fingerprint density at radius 3 is 3.07 bits per heavy atom. The first kappa shape index (κ1) is 17.7. The molecule has 3 N–H and O–H groups in total. The van der Waals surface area contributed by atoms with E-state index in [1.165, 1.54) is 0 Å². The first-order valence-corrected chi connectivity index (χ1v) is 9.33. The molecule has 0 radical (unpaired) electrons. The van der Waals surface area contributed by atoms with E-state index >= 15 is 0 Å². The van der Waals surface area contributed by atoms with Gasteiger partial charge in [0.25, 0.3) is 0 Å². The molecule has 2 aromatic heterocycles. The molecular weight excluding hydrogens is 362 g/mol. The molecule has 1 aliphatic carbocycles. The molecule has 0 aliphatic heterocycles. The number of hydrogen-bond donors (Lipinski definition) is 3. The van der Waals surface area contributed by atoms with E-state index in [2.05, 4.69) is 27.4 Å². The molecule has 3 aromatic rings. The maximum Gasteiger partial charge on any atom is 0.148 e. The third-order valence-electron chi connectivity index (χ3n) is 4.75. The molecule has 2 heterocycles. The van der Waals surface area contributed by atoms with Crippen LogP contribution in [0, 0.1) is 11.8 Å². The zero-order valence-electron chi connectivity index (χ0n) is 14.7. The zero-order chi connectivity index (χ0) is 18.7. The number of rotatable bonds is 3. The number of nitrogens with zero attached hydrogens (tertiary/aromatic N) is 1. The number of aromatic amines is 1. The van der Waals surface area contributed by atoms with Crippen LogP contribution in [0.3, 0.4) is 0 Å². The minimum atomic E-state index is -1.01. The van der Waals surface area contributed by atoms with Gasteiger partial charge in [0.2, 0.25) is 0 Å². The second-order valence-electron chi connectivity index (χ2n) is 6.91. The van der Waals surface area contributed by atoms with Crippen molar-refractivity contribution in [2.45, 2.75) is 37.3 Å². The Labute approximate surface area is 162 Å². The lowest BCUT2D eigenvalue weighted by Gasteiger charge is -2.33. The highest BCUT2D eigenvalue weighted by Gasteiger charge is 2.33. The number of H-pyrrole nitrogens is 1. The predicted molar refractivity (Wildman–Crippen MR) is 105 cm³/mol. The van der Waals surface area contributed by atoms with E-state index in [1.807, 2.05) is 30.3 Å². The Hall–Kier alpha value is -2.68. The SMILES string of the molecule is O[C@]1(C#Cc2cccc(Cl)c2)CCC[C@@H](Nc2cc(-c3ccoc3)[nH]n2)C1. The molecule has 1 saturated carbocycles. The number of halogens is 1. The summed E-state index contributed by atoms with van der Waals surface area (Å²) in [5, 5.41) is 22.3. The zero-order valence-corrected chi connectivity index (χ0v) is 15.5. The maximum absolute atomic E-state index is 10.9. The summed E-state index contributed by atoms with van der Waals surface area (Å²) in [4.78, 5) is 0. The molecular formula is C21H20ClN3O2. The number of benzene rings is 1. The fraction of sp³-hybridized carbons (Fsp3) is 0.286. The van der Waals surface area contributed by atoms with Crippen molar-refractivity contribution in [3.05, 3.63) is 59.5 Å². The van der Waals surface area contributed by atoms with Crippen LogP contribution in [0.5, 0.6) is 0 Å². The monoisotopic (exact) mass is 381 g/mol. The highest BCUT2D eigenvalue weighted by molar-refractivity contribution is 6.30. The minimum Gasteiger partial charge on any atom is -0.472 e. The third kappa shape index (κ3) is 4.36. The van der Waals surface area contributed by atoms with Gasteiger partial charge in [-0.3, -0.25) is 5.10 Å². The van der Waals surface area contributed by atoms with Gasteiger partial charge in [-0.15, -0.1) is 0 Å². The standard InChI is InChI=1S/C21H20ClN3O2/c22-17-4-1-3-15(11-17)6-9-21(26)8-2-5-18(13-21)23-20-12-19(24-25-20)16-7-10-27-14-16/h1,3-4,7,10-12,14,18,26H,2,5,8,13H2,(H2,23,24,25)/t18-,21+/m1/s1. The van der Waals surface area contributed by atoms with Crippen molar-refractivity contribution in [2.75, 3.05) is 5.32 Å². The molecule has 1 aromatic carbocycles. The summed E-state index contributed by atoms with van der Waals surface area (Å²) in [7, 11) is 0. The van der Waals surface area contributed by atoms with Crippen LogP contribution < -0.4 is 5.32 Å². The summed E-state index contributed by atoms with van der Waals surface area (Å²) in [5.74, 6) is 6.86. The molecule has 0 amide bonds. The van der Waals surface area contributed by atoms with Crippen molar-refractivity contribution in [1.29, 1.82) is 0 Å². The van der Waals surface area contributed by atoms with Crippen molar-refractivity contribution in [1.82, 2.24) is 10.2 Å². The van der Waals surface area contributed by atoms with Crippen LogP contribution in [-0.4, -0.2) is 26.9 Å². The topological polar surface area (TPSA) is 74.1 Å². The van der Waals surface area contributed by atoms with Gasteiger partial charge in [0, 0.05) is 34.7 Å². The van der Waals surface area contributed by atoms with Gasteiger partial charge >= 0.3 is 0 Å². The average Bonchev–Trinajstić information content (AvgIpc) is 3.32. The van der Waals surface area contributed by atoms with E-state index in [0.29, 0.717) is 17.9 Å². The molecule has 5 nitrogen and oxygen atoms in total. The van der Waals surface area contributed by atoms with Crippen molar-refractivity contribution in [3.8, 4) is 23.1 Å². The normalized spacial score (nSPS) is 22.1. The maximum atomic E-state index is 10.9. The van der Waals surface area contributed by atoms with Crippen LogP contribution in [0.1, 0.15) is 31.2 Å². The number of furan rings is 1. The van der Waals surface area contributed by atoms with Gasteiger partial charge in [0.15, 0.2) is 0 Å². The van der Waals surface area contributed by atoms with Crippen LogP contribution in [0.15, 0.2) is 53.3 Å². The van der Waals surface area contributed by atoms with Gasteiger partial charge in [-0.05, 0) is 43.5 Å². The number of aliphatic hydroxyl groups is 1. The van der Waals surface area contributed by atoms with Gasteiger partial charge in [0.1, 0.15) is 11.4 Å². The van der Waals surface area contributed by atoms with Crippen LogP contribution in [0.2, 0.25) is 5.02 Å². The number of aromatic nitrogens is 2. The van der Waals surface area contributed by atoms with Gasteiger partial charge in [-0.25, -0.2) is 0 Å². The van der Waals surface area contributed by atoms with E-state index in [9.17, 15) is 5.11 Å². The summed E-state index contributed by atoms with van der Waals surface area (Å²) in [5.41, 5.74) is 1.63. The average molecular weight is 382 g/mol. The minimum absolute atomic E-state index is 0.109. The van der Waals surface area contributed by atoms with E-state index in [0.717, 1.165) is 35.5 Å². The molecule has 6 heteroatoms. The summed E-state index contributed by atoms with van der Waals surface area (Å²) in [6.45, 7) is 0. The van der Waals surface area contributed by atoms with Crippen molar-refractivity contribution in [3.63, 3.8) is 0 Å². The van der Waals surface area contributed by atoms with Crippen LogP contribution in [0.25, 0.3) is 11.3 Å². The Morgan fingerprint density at radius 1 is 1.33 bits per heavy atom. The van der Waals surface area contributed by atoms with Crippen LogP contribution >= 0.6 is 11.6 Å². The lowest BCUT2D eigenvalue weighted by Crippen LogP contribution is -2.39. The number of anilines is 1. The summed E-state index contributed by atoms with van der Waals surface area (Å²) >= 11 is 6.00. The number of hydrogen-bond acceptors (Lipinski definition) is 4. The molecule has 2 atom stereocenters. The molecule has 0 saturated heterocycles. The first-order valence-electron chi connectivity index (χ1n) is 8.95. The summed E-state index contributed by atoms with van der Waals surface area (Å²) in [6.07, 6.45) is 6.38. The smallest absolute Gasteiger partial charge is 0.148 e. The fourth-order valence-electron chi connectivity index (χ4n) is 3.41.